The van der Waals surface area contributed by atoms with Gasteiger partial charge in [0.1, 0.15) is 0 Å². The molecule has 0 aromatic heterocycles. The van der Waals surface area contributed by atoms with Crippen LogP contribution in [-0.2, 0) is 4.74 Å². The number of hydrogen-bond acceptors (Lipinski definition) is 2. The van der Waals surface area contributed by atoms with Gasteiger partial charge < -0.3 is 9.84 Å². The van der Waals surface area contributed by atoms with Gasteiger partial charge in [-0.25, -0.2) is 0 Å². The summed E-state index contributed by atoms with van der Waals surface area (Å²) in [6.45, 7) is 2.60. The molecule has 1 saturated carbocycles. The first-order valence-corrected chi connectivity index (χ1v) is 6.15. The van der Waals surface area contributed by atoms with E-state index in [0.717, 1.165) is 24.6 Å². The van der Waals surface area contributed by atoms with Gasteiger partial charge in [0.05, 0.1) is 12.2 Å². The zero-order valence-corrected chi connectivity index (χ0v) is 9.59. The molecule has 1 saturated heterocycles. The van der Waals surface area contributed by atoms with Crippen LogP contribution in [0.15, 0.2) is 0 Å². The predicted molar refractivity (Wildman–Crippen MR) is 55.0 cm³/mol. The highest BCUT2D eigenvalue weighted by Crippen LogP contribution is 2.53. The summed E-state index contributed by atoms with van der Waals surface area (Å²) in [4.78, 5) is 0. The summed E-state index contributed by atoms with van der Waals surface area (Å²) in [5.74, 6) is 0.460. The monoisotopic (exact) mass is 248 g/mol. The molecular weight excluding hydrogens is 232 g/mol. The summed E-state index contributed by atoms with van der Waals surface area (Å²) >= 11 is 3.46. The summed E-state index contributed by atoms with van der Waals surface area (Å²) in [6.07, 6.45) is 4.13. The first kappa shape index (κ1) is 9.94. The van der Waals surface area contributed by atoms with Crippen molar-refractivity contribution in [2.24, 2.45) is 11.3 Å². The lowest BCUT2D eigenvalue weighted by Crippen LogP contribution is -2.30. The van der Waals surface area contributed by atoms with E-state index in [1.54, 1.807) is 0 Å². The normalized spacial score (nSPS) is 49.6. The van der Waals surface area contributed by atoms with E-state index in [0.29, 0.717) is 24.7 Å². The lowest BCUT2D eigenvalue weighted by Gasteiger charge is -2.28. The van der Waals surface area contributed by atoms with Crippen molar-refractivity contribution in [3.05, 3.63) is 0 Å². The lowest BCUT2D eigenvalue weighted by molar-refractivity contribution is 0.0284. The van der Waals surface area contributed by atoms with Crippen molar-refractivity contribution in [1.29, 1.82) is 0 Å². The van der Waals surface area contributed by atoms with E-state index in [2.05, 4.69) is 22.9 Å². The second-order valence-electron chi connectivity index (χ2n) is 4.57. The molecule has 3 heteroatoms. The van der Waals surface area contributed by atoms with E-state index in [1.165, 1.54) is 0 Å². The molecule has 1 heterocycles. The van der Waals surface area contributed by atoms with Crippen molar-refractivity contribution < 1.29 is 9.84 Å². The van der Waals surface area contributed by atoms with Crippen molar-refractivity contribution in [3.63, 3.8) is 0 Å². The molecule has 0 bridgehead atoms. The van der Waals surface area contributed by atoms with Gasteiger partial charge >= 0.3 is 0 Å². The zero-order valence-electron chi connectivity index (χ0n) is 8.00. The van der Waals surface area contributed by atoms with Gasteiger partial charge in [-0.1, -0.05) is 22.9 Å². The summed E-state index contributed by atoms with van der Waals surface area (Å²) in [5.41, 5.74) is 0.243. The van der Waals surface area contributed by atoms with Crippen molar-refractivity contribution in [3.8, 4) is 0 Å². The number of rotatable bonds is 2. The smallest absolute Gasteiger partial charge is 0.0682 e. The third-order valence-electron chi connectivity index (χ3n) is 3.86. The maximum absolute atomic E-state index is 9.27. The SMILES string of the molecule is C[C@@]12CC(CBr)O[C@@H]1CCC2CO. The minimum Gasteiger partial charge on any atom is -0.396 e. The van der Waals surface area contributed by atoms with E-state index in [1.807, 2.05) is 0 Å². The number of hydrogen-bond donors (Lipinski definition) is 1. The molecule has 2 fully saturated rings. The van der Waals surface area contributed by atoms with Crippen LogP contribution in [0.25, 0.3) is 0 Å². The molecule has 4 atom stereocenters. The standard InChI is InChI=1S/C10H17BrO2/c1-10-4-8(5-11)13-9(10)3-2-7(10)6-12/h7-9,12H,2-6H2,1H3/t7?,8?,9-,10+/m1/s1. The molecule has 76 valence electrons. The number of ether oxygens (including phenoxy) is 1. The molecule has 2 unspecified atom stereocenters. The topological polar surface area (TPSA) is 29.5 Å². The Labute approximate surface area is 87.8 Å². The molecular formula is C10H17BrO2. The molecule has 0 radical (unpaired) electrons. The fourth-order valence-electron chi connectivity index (χ4n) is 2.96. The Kier molecular flexibility index (Phi) is 2.69. The van der Waals surface area contributed by atoms with Gasteiger partial charge in [-0.3, -0.25) is 0 Å². The predicted octanol–water partition coefficient (Wildman–Crippen LogP) is 1.95. The van der Waals surface area contributed by atoms with Gasteiger partial charge in [0.15, 0.2) is 0 Å². The second kappa shape index (κ2) is 3.52. The first-order valence-electron chi connectivity index (χ1n) is 5.03. The lowest BCUT2D eigenvalue weighted by atomic mass is 9.76. The number of fused-ring (bicyclic) bond motifs is 1. The van der Waals surface area contributed by atoms with E-state index in [-0.39, 0.29) is 5.41 Å². The summed E-state index contributed by atoms with van der Waals surface area (Å²) in [5, 5.41) is 10.2. The maximum atomic E-state index is 9.27. The molecule has 2 aliphatic rings. The average Bonchev–Trinajstić information content (AvgIpc) is 2.57. The highest BCUT2D eigenvalue weighted by molar-refractivity contribution is 9.09. The highest BCUT2D eigenvalue weighted by Gasteiger charge is 2.52. The first-order chi connectivity index (χ1) is 6.20. The molecule has 2 nitrogen and oxygen atoms in total. The Morgan fingerprint density at radius 3 is 2.92 bits per heavy atom. The van der Waals surface area contributed by atoms with Gasteiger partial charge in [0, 0.05) is 17.4 Å². The molecule has 0 aromatic rings. The average molecular weight is 249 g/mol. The van der Waals surface area contributed by atoms with Gasteiger partial charge in [0.2, 0.25) is 0 Å². The fraction of sp³-hybridized carbons (Fsp3) is 1.00. The van der Waals surface area contributed by atoms with Gasteiger partial charge in [-0.2, -0.15) is 0 Å². The molecule has 2 rings (SSSR count). The summed E-state index contributed by atoms with van der Waals surface area (Å²) < 4.78 is 5.91. The van der Waals surface area contributed by atoms with E-state index in [4.69, 9.17) is 4.74 Å². The molecule has 0 spiro atoms. The van der Waals surface area contributed by atoms with Crippen LogP contribution < -0.4 is 0 Å². The Hall–Kier alpha value is 0.400. The van der Waals surface area contributed by atoms with Crippen LogP contribution in [0.5, 0.6) is 0 Å². The van der Waals surface area contributed by atoms with Crippen LogP contribution in [0, 0.1) is 11.3 Å². The van der Waals surface area contributed by atoms with Gasteiger partial charge in [0.25, 0.3) is 0 Å². The van der Waals surface area contributed by atoms with E-state index in [9.17, 15) is 5.11 Å². The van der Waals surface area contributed by atoms with Crippen molar-refractivity contribution in [1.82, 2.24) is 0 Å². The van der Waals surface area contributed by atoms with Crippen LogP contribution in [-0.4, -0.2) is 29.3 Å². The van der Waals surface area contributed by atoms with Gasteiger partial charge in [-0.15, -0.1) is 0 Å². The van der Waals surface area contributed by atoms with Gasteiger partial charge in [-0.05, 0) is 25.2 Å². The minimum atomic E-state index is 0.243. The number of alkyl halides is 1. The highest BCUT2D eigenvalue weighted by atomic mass is 79.9. The summed E-state index contributed by atoms with van der Waals surface area (Å²) in [6, 6.07) is 0. The van der Waals surface area contributed by atoms with Crippen molar-refractivity contribution in [2.75, 3.05) is 11.9 Å². The molecule has 13 heavy (non-hydrogen) atoms. The number of halogens is 1. The molecule has 0 amide bonds. The molecule has 0 aromatic carbocycles. The number of aliphatic hydroxyl groups excluding tert-OH is 1. The molecule has 1 N–H and O–H groups in total. The van der Waals surface area contributed by atoms with Crippen LogP contribution in [0.4, 0.5) is 0 Å². The molecule has 1 aliphatic carbocycles. The number of aliphatic hydroxyl groups is 1. The third kappa shape index (κ3) is 1.45. The van der Waals surface area contributed by atoms with Crippen molar-refractivity contribution >= 4 is 15.9 Å². The Morgan fingerprint density at radius 2 is 2.31 bits per heavy atom. The van der Waals surface area contributed by atoms with Crippen LogP contribution in [0.1, 0.15) is 26.2 Å². The Morgan fingerprint density at radius 1 is 1.54 bits per heavy atom. The third-order valence-corrected chi connectivity index (χ3v) is 4.58. The minimum absolute atomic E-state index is 0.243. The van der Waals surface area contributed by atoms with Crippen LogP contribution in [0.3, 0.4) is 0 Å². The Balaban J connectivity index is 2.11. The zero-order chi connectivity index (χ0) is 9.47. The quantitative estimate of drug-likeness (QED) is 0.758. The van der Waals surface area contributed by atoms with E-state index < -0.39 is 0 Å². The molecule has 1 aliphatic heterocycles. The fourth-order valence-corrected chi connectivity index (χ4v) is 3.34. The largest absolute Gasteiger partial charge is 0.396 e. The van der Waals surface area contributed by atoms with E-state index >= 15 is 0 Å². The van der Waals surface area contributed by atoms with Crippen molar-refractivity contribution in [2.45, 2.75) is 38.4 Å². The van der Waals surface area contributed by atoms with Crippen LogP contribution in [0.2, 0.25) is 0 Å². The Bertz CT molecular complexity index is 197. The maximum Gasteiger partial charge on any atom is 0.0682 e. The van der Waals surface area contributed by atoms with Crippen LogP contribution >= 0.6 is 15.9 Å². The second-order valence-corrected chi connectivity index (χ2v) is 5.22. The summed E-state index contributed by atoms with van der Waals surface area (Å²) in [7, 11) is 0.